The Morgan fingerprint density at radius 1 is 1.26 bits per heavy atom. The molecule has 3 rings (SSSR count). The van der Waals surface area contributed by atoms with Crippen LogP contribution in [-0.2, 0) is 4.79 Å². The van der Waals surface area contributed by atoms with E-state index in [-0.39, 0.29) is 11.8 Å². The molecular weight excluding hydrogens is 314 g/mol. The topological polar surface area (TPSA) is 83.4 Å². The average molecular weight is 331 g/mol. The van der Waals surface area contributed by atoms with Gasteiger partial charge in [0.2, 0.25) is 0 Å². The summed E-state index contributed by atoms with van der Waals surface area (Å²) in [7, 11) is 0. The van der Waals surface area contributed by atoms with Crippen molar-refractivity contribution in [2.45, 2.75) is 19.8 Å². The van der Waals surface area contributed by atoms with Crippen LogP contribution in [0.3, 0.4) is 0 Å². The second kappa shape index (κ2) is 6.45. The van der Waals surface area contributed by atoms with E-state index in [1.54, 1.807) is 17.3 Å². The third kappa shape index (κ3) is 3.24. The zero-order valence-corrected chi connectivity index (χ0v) is 13.5. The molecule has 3 heterocycles. The molecule has 1 saturated heterocycles. The third-order valence-electron chi connectivity index (χ3n) is 4.05. The second-order valence-electron chi connectivity index (χ2n) is 5.57. The first-order valence-electron chi connectivity index (χ1n) is 7.46. The predicted octanol–water partition coefficient (Wildman–Crippen LogP) is 2.45. The van der Waals surface area contributed by atoms with Gasteiger partial charge in [0.05, 0.1) is 11.6 Å². The molecule has 6 nitrogen and oxygen atoms in total. The number of likely N-dealkylation sites (tertiary alicyclic amines) is 1. The highest BCUT2D eigenvalue weighted by Gasteiger charge is 2.29. The summed E-state index contributed by atoms with van der Waals surface area (Å²) in [6.07, 6.45) is 4.42. The van der Waals surface area contributed by atoms with E-state index in [4.69, 9.17) is 5.11 Å². The molecule has 0 saturated carbocycles. The molecule has 120 valence electrons. The quantitative estimate of drug-likeness (QED) is 0.934. The van der Waals surface area contributed by atoms with Crippen molar-refractivity contribution in [3.05, 3.63) is 35.1 Å². The number of thiazole rings is 1. The summed E-state index contributed by atoms with van der Waals surface area (Å²) in [6, 6.07) is 3.73. The van der Waals surface area contributed by atoms with Crippen molar-refractivity contribution in [1.29, 1.82) is 0 Å². The van der Waals surface area contributed by atoms with Crippen molar-refractivity contribution >= 4 is 23.2 Å². The fraction of sp³-hybridized carbons (Fsp3) is 0.375. The lowest BCUT2D eigenvalue weighted by Gasteiger charge is -2.29. The van der Waals surface area contributed by atoms with Crippen LogP contribution in [0.2, 0.25) is 0 Å². The Hall–Kier alpha value is -2.28. The van der Waals surface area contributed by atoms with E-state index in [1.165, 1.54) is 11.3 Å². The molecule has 7 heteroatoms. The number of aliphatic carboxylic acids is 1. The zero-order chi connectivity index (χ0) is 16.4. The number of aromatic nitrogens is 2. The van der Waals surface area contributed by atoms with Gasteiger partial charge in [-0.25, -0.2) is 4.98 Å². The van der Waals surface area contributed by atoms with Gasteiger partial charge in [-0.2, -0.15) is 0 Å². The summed E-state index contributed by atoms with van der Waals surface area (Å²) < 4.78 is 0. The van der Waals surface area contributed by atoms with Gasteiger partial charge in [0.25, 0.3) is 5.91 Å². The fourth-order valence-electron chi connectivity index (χ4n) is 2.69. The molecule has 0 bridgehead atoms. The number of pyridine rings is 1. The molecule has 0 aliphatic carbocycles. The number of carbonyl (C=O) groups excluding carboxylic acids is 1. The van der Waals surface area contributed by atoms with Crippen LogP contribution in [0.15, 0.2) is 24.5 Å². The number of carbonyl (C=O) groups is 2. The Morgan fingerprint density at radius 2 is 1.91 bits per heavy atom. The first-order chi connectivity index (χ1) is 11.1. The van der Waals surface area contributed by atoms with Crippen LogP contribution in [0.5, 0.6) is 0 Å². The molecule has 1 fully saturated rings. The summed E-state index contributed by atoms with van der Waals surface area (Å²) in [5, 5.41) is 9.84. The molecule has 0 atom stereocenters. The Balaban J connectivity index is 1.76. The van der Waals surface area contributed by atoms with E-state index in [9.17, 15) is 9.59 Å². The highest BCUT2D eigenvalue weighted by atomic mass is 32.1. The van der Waals surface area contributed by atoms with Crippen molar-refractivity contribution in [2.24, 2.45) is 5.92 Å². The predicted molar refractivity (Wildman–Crippen MR) is 86.3 cm³/mol. The third-order valence-corrected chi connectivity index (χ3v) is 5.24. The first kappa shape index (κ1) is 15.6. The molecular formula is C16H17N3O3S. The van der Waals surface area contributed by atoms with Crippen molar-refractivity contribution in [1.82, 2.24) is 14.9 Å². The molecule has 1 amide bonds. The number of carboxylic acids is 1. The van der Waals surface area contributed by atoms with E-state index >= 15 is 0 Å². The van der Waals surface area contributed by atoms with Gasteiger partial charge in [0.15, 0.2) is 0 Å². The van der Waals surface area contributed by atoms with Crippen LogP contribution in [0, 0.1) is 12.8 Å². The summed E-state index contributed by atoms with van der Waals surface area (Å²) in [6.45, 7) is 2.80. The number of hydrogen-bond donors (Lipinski definition) is 1. The summed E-state index contributed by atoms with van der Waals surface area (Å²) in [4.78, 5) is 34.5. The minimum Gasteiger partial charge on any atom is -0.481 e. The van der Waals surface area contributed by atoms with E-state index < -0.39 is 5.97 Å². The normalized spacial score (nSPS) is 15.6. The summed E-state index contributed by atoms with van der Waals surface area (Å²) in [5.74, 6) is -1.16. The van der Waals surface area contributed by atoms with Gasteiger partial charge in [0, 0.05) is 31.0 Å². The van der Waals surface area contributed by atoms with Crippen LogP contribution in [0.4, 0.5) is 0 Å². The molecule has 1 aliphatic rings. The maximum absolute atomic E-state index is 12.7. The molecule has 0 unspecified atom stereocenters. The number of nitrogens with zero attached hydrogens (tertiary/aromatic N) is 3. The Kier molecular flexibility index (Phi) is 4.38. The number of rotatable bonds is 3. The summed E-state index contributed by atoms with van der Waals surface area (Å²) in [5.41, 5.74) is 1.66. The molecule has 1 aliphatic heterocycles. The number of aryl methyl sites for hydroxylation is 1. The Morgan fingerprint density at radius 3 is 2.52 bits per heavy atom. The first-order valence-corrected chi connectivity index (χ1v) is 8.28. The van der Waals surface area contributed by atoms with Crippen molar-refractivity contribution in [3.8, 4) is 10.6 Å². The van der Waals surface area contributed by atoms with Gasteiger partial charge in [-0.3, -0.25) is 14.6 Å². The molecule has 2 aromatic heterocycles. The minimum absolute atomic E-state index is 0.0517. The van der Waals surface area contributed by atoms with Crippen LogP contribution in [0.1, 0.15) is 28.2 Å². The number of hydrogen-bond acceptors (Lipinski definition) is 5. The van der Waals surface area contributed by atoms with Gasteiger partial charge >= 0.3 is 5.97 Å². The lowest BCUT2D eigenvalue weighted by molar-refractivity contribution is -0.143. The fourth-order valence-corrected chi connectivity index (χ4v) is 3.73. The van der Waals surface area contributed by atoms with Crippen LogP contribution in [0.25, 0.3) is 10.6 Å². The largest absolute Gasteiger partial charge is 0.481 e. The second-order valence-corrected chi connectivity index (χ2v) is 6.57. The SMILES string of the molecule is Cc1nc(-c2ccncc2)sc1C(=O)N1CCC(C(=O)O)CC1. The van der Waals surface area contributed by atoms with Crippen molar-refractivity contribution in [2.75, 3.05) is 13.1 Å². The van der Waals surface area contributed by atoms with E-state index in [2.05, 4.69) is 9.97 Å². The Labute approximate surface area is 137 Å². The lowest BCUT2D eigenvalue weighted by Crippen LogP contribution is -2.40. The number of carboxylic acid groups (broad SMARTS) is 1. The molecule has 0 spiro atoms. The molecule has 23 heavy (non-hydrogen) atoms. The van der Waals surface area contributed by atoms with Crippen LogP contribution < -0.4 is 0 Å². The zero-order valence-electron chi connectivity index (χ0n) is 12.7. The Bertz CT molecular complexity index is 721. The van der Waals surface area contributed by atoms with E-state index in [0.717, 1.165) is 10.6 Å². The molecule has 2 aromatic rings. The van der Waals surface area contributed by atoms with Crippen molar-refractivity contribution in [3.63, 3.8) is 0 Å². The highest BCUT2D eigenvalue weighted by molar-refractivity contribution is 7.17. The number of piperidine rings is 1. The van der Waals surface area contributed by atoms with E-state index in [1.807, 2.05) is 19.1 Å². The molecule has 1 N–H and O–H groups in total. The smallest absolute Gasteiger partial charge is 0.306 e. The van der Waals surface area contributed by atoms with Crippen LogP contribution in [-0.4, -0.2) is 44.9 Å². The van der Waals surface area contributed by atoms with Crippen molar-refractivity contribution < 1.29 is 14.7 Å². The van der Waals surface area contributed by atoms with Gasteiger partial charge in [-0.05, 0) is 31.9 Å². The average Bonchev–Trinajstić information content (AvgIpc) is 2.97. The monoisotopic (exact) mass is 331 g/mol. The van der Waals surface area contributed by atoms with Gasteiger partial charge in [-0.15, -0.1) is 11.3 Å². The lowest BCUT2D eigenvalue weighted by atomic mass is 9.97. The molecule has 0 radical (unpaired) electrons. The number of amides is 1. The standard InChI is InChI=1S/C16H17N3O3S/c1-10-13(23-14(18-10)11-2-6-17-7-3-11)15(20)19-8-4-12(5-9-19)16(21)22/h2-3,6-7,12H,4-5,8-9H2,1H3,(H,21,22). The molecule has 0 aromatic carbocycles. The van der Waals surface area contributed by atoms with Gasteiger partial charge in [0.1, 0.15) is 9.88 Å². The summed E-state index contributed by atoms with van der Waals surface area (Å²) >= 11 is 1.38. The maximum Gasteiger partial charge on any atom is 0.306 e. The van der Waals surface area contributed by atoms with Gasteiger partial charge < -0.3 is 10.0 Å². The van der Waals surface area contributed by atoms with Gasteiger partial charge in [-0.1, -0.05) is 0 Å². The van der Waals surface area contributed by atoms with E-state index in [0.29, 0.717) is 36.5 Å². The van der Waals surface area contributed by atoms with Crippen LogP contribution >= 0.6 is 11.3 Å². The minimum atomic E-state index is -0.772. The highest BCUT2D eigenvalue weighted by Crippen LogP contribution is 2.29. The maximum atomic E-state index is 12.7.